The summed E-state index contributed by atoms with van der Waals surface area (Å²) in [6.45, 7) is 2.37. The molecule has 3 nitrogen and oxygen atoms in total. The predicted molar refractivity (Wildman–Crippen MR) is 118 cm³/mol. The van der Waals surface area contributed by atoms with Crippen LogP contribution in [0.4, 0.5) is 5.69 Å². The highest BCUT2D eigenvalue weighted by Crippen LogP contribution is 2.65. The quantitative estimate of drug-likeness (QED) is 0.806. The Labute approximate surface area is 176 Å². The van der Waals surface area contributed by atoms with E-state index in [4.69, 9.17) is 0 Å². The lowest BCUT2D eigenvalue weighted by Crippen LogP contribution is -2.65. The molecule has 0 radical (unpaired) electrons. The van der Waals surface area contributed by atoms with Crippen LogP contribution in [-0.4, -0.2) is 42.7 Å². The van der Waals surface area contributed by atoms with Crippen molar-refractivity contribution in [2.75, 3.05) is 32.1 Å². The number of nitrogens with zero attached hydrogens (tertiary/aromatic N) is 2. The van der Waals surface area contributed by atoms with Crippen LogP contribution in [0.5, 0.6) is 0 Å². The average molecular weight is 395 g/mol. The molecule has 1 unspecified atom stereocenters. The molecular formula is C26H38N2O. The summed E-state index contributed by atoms with van der Waals surface area (Å²) >= 11 is 0. The zero-order chi connectivity index (χ0) is 19.8. The number of anilines is 1. The Balaban J connectivity index is 1.48. The molecule has 0 aromatic heterocycles. The van der Waals surface area contributed by atoms with Gasteiger partial charge in [-0.1, -0.05) is 12.1 Å². The van der Waals surface area contributed by atoms with Gasteiger partial charge in [-0.05, 0) is 118 Å². The van der Waals surface area contributed by atoms with Gasteiger partial charge in [0.15, 0.2) is 0 Å². The molecule has 2 saturated heterocycles. The lowest BCUT2D eigenvalue weighted by Gasteiger charge is -2.62. The van der Waals surface area contributed by atoms with Crippen molar-refractivity contribution in [2.45, 2.75) is 68.9 Å². The van der Waals surface area contributed by atoms with Crippen LogP contribution in [0.1, 0.15) is 63.4 Å². The maximum atomic E-state index is 13.0. The number of rotatable bonds is 4. The first-order valence-corrected chi connectivity index (χ1v) is 12.3. The highest BCUT2D eigenvalue weighted by molar-refractivity contribution is 5.48. The van der Waals surface area contributed by atoms with Crippen molar-refractivity contribution in [3.05, 3.63) is 29.8 Å². The van der Waals surface area contributed by atoms with E-state index in [1.54, 1.807) is 0 Å². The number of benzene rings is 1. The summed E-state index contributed by atoms with van der Waals surface area (Å²) in [5.41, 5.74) is 1.74. The molecule has 158 valence electrons. The molecule has 1 N–H and O–H groups in total. The number of fused-ring (bicyclic) bond motifs is 1. The van der Waals surface area contributed by atoms with E-state index in [1.807, 2.05) is 0 Å². The molecule has 7 rings (SSSR count). The van der Waals surface area contributed by atoms with E-state index in [0.29, 0.717) is 5.92 Å². The Morgan fingerprint density at radius 1 is 0.897 bits per heavy atom. The Morgan fingerprint density at radius 3 is 1.97 bits per heavy atom. The van der Waals surface area contributed by atoms with E-state index in [-0.39, 0.29) is 5.54 Å². The van der Waals surface area contributed by atoms with Gasteiger partial charge >= 0.3 is 0 Å². The Morgan fingerprint density at radius 2 is 1.45 bits per heavy atom. The Bertz CT molecular complexity index is 733. The third kappa shape index (κ3) is 2.50. The molecule has 29 heavy (non-hydrogen) atoms. The van der Waals surface area contributed by atoms with Crippen LogP contribution in [-0.2, 0) is 5.60 Å². The van der Waals surface area contributed by atoms with Crippen molar-refractivity contribution >= 4 is 5.69 Å². The van der Waals surface area contributed by atoms with E-state index in [2.05, 4.69) is 48.2 Å². The molecule has 1 aromatic rings. The van der Waals surface area contributed by atoms with Crippen molar-refractivity contribution in [2.24, 2.45) is 29.6 Å². The summed E-state index contributed by atoms with van der Waals surface area (Å²) in [7, 11) is 4.21. The third-order valence-corrected chi connectivity index (χ3v) is 9.88. The summed E-state index contributed by atoms with van der Waals surface area (Å²) in [4.78, 5) is 4.87. The molecule has 1 atom stereocenters. The zero-order valence-electron chi connectivity index (χ0n) is 18.3. The summed E-state index contributed by atoms with van der Waals surface area (Å²) < 4.78 is 0. The monoisotopic (exact) mass is 394 g/mol. The smallest absolute Gasteiger partial charge is 0.111 e. The molecule has 3 heteroatoms. The third-order valence-electron chi connectivity index (χ3n) is 9.88. The first-order chi connectivity index (χ1) is 14.0. The summed E-state index contributed by atoms with van der Waals surface area (Å²) in [6, 6.07) is 9.04. The number of aliphatic hydroxyl groups is 1. The van der Waals surface area contributed by atoms with Gasteiger partial charge in [0.1, 0.15) is 5.60 Å². The van der Waals surface area contributed by atoms with E-state index in [0.717, 1.165) is 23.7 Å². The van der Waals surface area contributed by atoms with Gasteiger partial charge in [-0.15, -0.1) is 0 Å². The predicted octanol–water partition coefficient (Wildman–Crippen LogP) is 4.64. The maximum Gasteiger partial charge on any atom is 0.111 e. The highest BCUT2D eigenvalue weighted by Gasteiger charge is 2.66. The highest BCUT2D eigenvalue weighted by atomic mass is 16.3. The van der Waals surface area contributed by atoms with Crippen LogP contribution < -0.4 is 4.90 Å². The van der Waals surface area contributed by atoms with Gasteiger partial charge < -0.3 is 10.0 Å². The first-order valence-electron chi connectivity index (χ1n) is 12.3. The van der Waals surface area contributed by atoms with Gasteiger partial charge in [-0.3, -0.25) is 4.90 Å². The minimum atomic E-state index is -0.687. The molecule has 4 aliphatic carbocycles. The average Bonchev–Trinajstić information content (AvgIpc) is 3.28. The largest absolute Gasteiger partial charge is 0.383 e. The van der Waals surface area contributed by atoms with E-state index >= 15 is 0 Å². The molecule has 4 saturated carbocycles. The van der Waals surface area contributed by atoms with Crippen molar-refractivity contribution < 1.29 is 5.11 Å². The van der Waals surface area contributed by atoms with Gasteiger partial charge in [-0.2, -0.15) is 0 Å². The minimum absolute atomic E-state index is 0.0212. The van der Waals surface area contributed by atoms with Gasteiger partial charge in [0.25, 0.3) is 0 Å². The Hall–Kier alpha value is -1.06. The molecule has 6 aliphatic rings. The van der Waals surface area contributed by atoms with Gasteiger partial charge in [0.05, 0.1) is 5.54 Å². The lowest BCUT2D eigenvalue weighted by molar-refractivity contribution is -0.201. The van der Waals surface area contributed by atoms with Crippen molar-refractivity contribution in [1.82, 2.24) is 4.90 Å². The molecule has 4 bridgehead atoms. The van der Waals surface area contributed by atoms with Crippen molar-refractivity contribution in [1.29, 1.82) is 0 Å². The van der Waals surface area contributed by atoms with E-state index in [1.165, 1.54) is 82.1 Å². The van der Waals surface area contributed by atoms with Crippen LogP contribution in [0.3, 0.4) is 0 Å². The molecule has 1 aromatic carbocycles. The van der Waals surface area contributed by atoms with E-state index < -0.39 is 5.60 Å². The fourth-order valence-corrected chi connectivity index (χ4v) is 9.12. The summed E-state index contributed by atoms with van der Waals surface area (Å²) in [5.74, 6) is 3.84. The summed E-state index contributed by atoms with van der Waals surface area (Å²) in [6.07, 6.45) is 11.9. The van der Waals surface area contributed by atoms with Gasteiger partial charge in [-0.25, -0.2) is 0 Å². The normalized spacial score (nSPS) is 39.5. The van der Waals surface area contributed by atoms with Crippen molar-refractivity contribution in [3.8, 4) is 0 Å². The molecule has 2 heterocycles. The summed E-state index contributed by atoms with van der Waals surface area (Å²) in [5, 5.41) is 13.0. The topological polar surface area (TPSA) is 26.7 Å². The molecule has 0 amide bonds. The van der Waals surface area contributed by atoms with Crippen LogP contribution in [0, 0.1) is 29.6 Å². The van der Waals surface area contributed by atoms with Gasteiger partial charge in [0.2, 0.25) is 0 Å². The minimum Gasteiger partial charge on any atom is -0.383 e. The molecule has 2 aliphatic heterocycles. The SMILES string of the molecule is CN(C)c1ccc(C(O)(C2C3CC4CC(C3)CC2C4)C23CCCN2CCC3)cc1. The second kappa shape index (κ2) is 6.47. The van der Waals surface area contributed by atoms with Crippen LogP contribution in [0.25, 0.3) is 0 Å². The molecular weight excluding hydrogens is 356 g/mol. The fourth-order valence-electron chi connectivity index (χ4n) is 9.12. The Kier molecular flexibility index (Phi) is 4.17. The van der Waals surface area contributed by atoms with E-state index in [9.17, 15) is 5.11 Å². The van der Waals surface area contributed by atoms with Crippen molar-refractivity contribution in [3.63, 3.8) is 0 Å². The second-order valence-electron chi connectivity index (χ2n) is 11.4. The lowest BCUT2D eigenvalue weighted by atomic mass is 9.45. The second-order valence-corrected chi connectivity index (χ2v) is 11.4. The molecule has 6 fully saturated rings. The maximum absolute atomic E-state index is 13.0. The van der Waals surface area contributed by atoms with Gasteiger partial charge in [0, 0.05) is 19.8 Å². The standard InChI is InChI=1S/C26H38N2O/c1-27(2)23-7-5-22(6-8-23)26(29,25-9-3-11-28(25)12-4-10-25)24-20-14-18-13-19(16-20)17-21(24)15-18/h5-8,18-21,24,29H,3-4,9-17H2,1-2H3. The fraction of sp³-hybridized carbons (Fsp3) is 0.769. The first kappa shape index (κ1) is 18.7. The van der Waals surface area contributed by atoms with Crippen LogP contribution in [0.2, 0.25) is 0 Å². The number of hydrogen-bond acceptors (Lipinski definition) is 3. The van der Waals surface area contributed by atoms with Crippen LogP contribution >= 0.6 is 0 Å². The zero-order valence-corrected chi connectivity index (χ0v) is 18.3. The molecule has 0 spiro atoms. The number of hydrogen-bond donors (Lipinski definition) is 1. The van der Waals surface area contributed by atoms with Crippen LogP contribution in [0.15, 0.2) is 24.3 Å².